The van der Waals surface area contributed by atoms with Crippen LogP contribution in [0.1, 0.15) is 42.1 Å². The lowest BCUT2D eigenvalue weighted by atomic mass is 10.2. The van der Waals surface area contributed by atoms with Gasteiger partial charge in [0.2, 0.25) is 0 Å². The second-order valence-electron chi connectivity index (χ2n) is 5.73. The zero-order valence-electron chi connectivity index (χ0n) is 13.8. The zero-order valence-corrected chi connectivity index (χ0v) is 14.6. The Morgan fingerprint density at radius 1 is 1.35 bits per heavy atom. The number of rotatable bonds is 3. The van der Waals surface area contributed by atoms with E-state index in [1.807, 2.05) is 0 Å². The molecule has 1 fully saturated rings. The van der Waals surface area contributed by atoms with E-state index in [4.69, 9.17) is 16.0 Å². The van der Waals surface area contributed by atoms with Gasteiger partial charge in [0, 0.05) is 12.2 Å². The van der Waals surface area contributed by atoms with E-state index in [9.17, 15) is 18.2 Å². The number of carboxylic acids is 1. The quantitative estimate of drug-likeness (QED) is 0.733. The Hall–Kier alpha value is -2.59. The number of aromatic carboxylic acids is 1. The van der Waals surface area contributed by atoms with Crippen molar-refractivity contribution in [2.45, 2.75) is 36.6 Å². The van der Waals surface area contributed by atoms with Crippen molar-refractivity contribution in [3.63, 3.8) is 0 Å². The smallest absolute Gasteiger partial charge is 0.349 e. The van der Waals surface area contributed by atoms with Crippen LogP contribution in [0.5, 0.6) is 0 Å². The minimum absolute atomic E-state index is 0.0892. The summed E-state index contributed by atoms with van der Waals surface area (Å²) in [4.78, 5) is 25.6. The Bertz CT molecular complexity index is 852. The first-order chi connectivity index (χ1) is 12.3. The molecule has 8 nitrogen and oxygen atoms in total. The van der Waals surface area contributed by atoms with E-state index in [-0.39, 0.29) is 17.4 Å². The van der Waals surface area contributed by atoms with E-state index < -0.39 is 28.5 Å². The van der Waals surface area contributed by atoms with E-state index in [1.54, 1.807) is 0 Å². The van der Waals surface area contributed by atoms with Crippen molar-refractivity contribution >= 4 is 22.8 Å². The van der Waals surface area contributed by atoms with Crippen LogP contribution in [-0.4, -0.2) is 24.8 Å². The highest BCUT2D eigenvalue weighted by Crippen LogP contribution is 2.28. The average molecular weight is 382 g/mol. The van der Waals surface area contributed by atoms with Gasteiger partial charge in [-0.2, -0.15) is 4.98 Å². The molecule has 5 N–H and O–H groups in total. The molecule has 1 unspecified atom stereocenters. The lowest BCUT2D eigenvalue weighted by molar-refractivity contribution is 0.0696. The second-order valence-corrected chi connectivity index (χ2v) is 6.80. The predicted molar refractivity (Wildman–Crippen MR) is 94.4 cm³/mol. The first-order valence-corrected chi connectivity index (χ1v) is 9.04. The maximum absolute atomic E-state index is 13.1. The molecule has 1 atom stereocenters. The molecule has 0 radical (unpaired) electrons. The van der Waals surface area contributed by atoms with Crippen LogP contribution in [0.4, 0.5) is 10.2 Å². The average Bonchev–Trinajstić information content (AvgIpc) is 3.13. The summed E-state index contributed by atoms with van der Waals surface area (Å²) in [6.45, 7) is 0. The van der Waals surface area contributed by atoms with Crippen molar-refractivity contribution in [2.24, 2.45) is 5.14 Å². The largest absolute Gasteiger partial charge is 0.478 e. The van der Waals surface area contributed by atoms with Crippen LogP contribution in [0.2, 0.25) is 0 Å². The Balaban J connectivity index is 0.000000190. The molecule has 0 aliphatic heterocycles. The number of halogens is 1. The van der Waals surface area contributed by atoms with Gasteiger partial charge in [-0.1, -0.05) is 18.9 Å². The van der Waals surface area contributed by atoms with Crippen LogP contribution in [0.15, 0.2) is 40.2 Å². The van der Waals surface area contributed by atoms with Gasteiger partial charge in [-0.25, -0.2) is 23.3 Å². The highest BCUT2D eigenvalue weighted by atomic mass is 32.2. The summed E-state index contributed by atoms with van der Waals surface area (Å²) in [5, 5.41) is 13.6. The van der Waals surface area contributed by atoms with Crippen LogP contribution in [0, 0.1) is 5.82 Å². The van der Waals surface area contributed by atoms with Crippen LogP contribution >= 0.6 is 0 Å². The minimum Gasteiger partial charge on any atom is -0.478 e. The van der Waals surface area contributed by atoms with Gasteiger partial charge in [0.05, 0.1) is 10.5 Å². The molecule has 1 heterocycles. The third-order valence-electron chi connectivity index (χ3n) is 3.97. The summed E-state index contributed by atoms with van der Waals surface area (Å²) in [5.74, 6) is -1.98. The third-order valence-corrected chi connectivity index (χ3v) is 4.68. The Kier molecular flexibility index (Phi) is 6.58. The molecule has 10 heteroatoms. The summed E-state index contributed by atoms with van der Waals surface area (Å²) in [6, 6.07) is 5.83. The minimum atomic E-state index is -1.62. The molecule has 1 aliphatic carbocycles. The first-order valence-electron chi connectivity index (χ1n) is 7.83. The number of carbonyl (C=O) groups is 1. The molecule has 1 aliphatic rings. The molecular weight excluding hydrogens is 363 g/mol. The van der Waals surface area contributed by atoms with E-state index in [2.05, 4.69) is 4.98 Å². The Labute approximate surface area is 151 Å². The van der Waals surface area contributed by atoms with Crippen LogP contribution in [-0.2, 0) is 11.0 Å². The number of hydrogen-bond acceptors (Lipinski definition) is 5. The summed E-state index contributed by atoms with van der Waals surface area (Å²) in [7, 11) is -1.62. The number of anilines is 1. The van der Waals surface area contributed by atoms with E-state index in [1.165, 1.54) is 35.0 Å². The molecule has 2 aromatic rings. The van der Waals surface area contributed by atoms with Crippen molar-refractivity contribution < 1.29 is 18.5 Å². The zero-order chi connectivity index (χ0) is 19.3. The lowest BCUT2D eigenvalue weighted by Crippen LogP contribution is -2.27. The lowest BCUT2D eigenvalue weighted by Gasteiger charge is -2.12. The van der Waals surface area contributed by atoms with Gasteiger partial charge in [0.25, 0.3) is 0 Å². The highest BCUT2D eigenvalue weighted by molar-refractivity contribution is 7.82. The Morgan fingerprint density at radius 3 is 2.58 bits per heavy atom. The summed E-state index contributed by atoms with van der Waals surface area (Å²) in [5.41, 5.74) is 4.83. The van der Waals surface area contributed by atoms with Gasteiger partial charge in [0.15, 0.2) is 11.6 Å². The molecular formula is C16H19FN4O4S. The fourth-order valence-corrected chi connectivity index (χ4v) is 3.11. The van der Waals surface area contributed by atoms with Crippen molar-refractivity contribution in [3.8, 4) is 0 Å². The molecule has 26 heavy (non-hydrogen) atoms. The number of nitrogen functional groups attached to an aromatic ring is 1. The molecule has 0 saturated heterocycles. The van der Waals surface area contributed by atoms with Gasteiger partial charge in [-0.15, -0.1) is 0 Å². The van der Waals surface area contributed by atoms with Crippen LogP contribution in [0.25, 0.3) is 0 Å². The van der Waals surface area contributed by atoms with Gasteiger partial charge in [0.1, 0.15) is 11.0 Å². The molecule has 3 rings (SSSR count). The molecule has 0 spiro atoms. The van der Waals surface area contributed by atoms with E-state index in [0.29, 0.717) is 4.90 Å². The van der Waals surface area contributed by atoms with Crippen LogP contribution in [0.3, 0.4) is 0 Å². The second kappa shape index (κ2) is 8.68. The molecule has 0 amide bonds. The number of benzene rings is 1. The standard InChI is InChI=1S/C9H12FN3O.C7H7NO3S/c10-7-5-13(6-3-1-2-4-6)9(14)12-8(7)11;8-12(11)6-3-1-2-5(4-6)7(9)10/h5-6H,1-4H2,(H2,11,12,14);1-4H,8H2,(H,9,10). The van der Waals surface area contributed by atoms with Crippen molar-refractivity contribution in [1.29, 1.82) is 0 Å². The SMILES string of the molecule is NS(=O)c1cccc(C(=O)O)c1.Nc1nc(=O)n(C2CCCC2)cc1F. The van der Waals surface area contributed by atoms with Gasteiger partial charge in [-0.3, -0.25) is 4.57 Å². The number of hydrogen-bond donors (Lipinski definition) is 3. The Morgan fingerprint density at radius 2 is 2.00 bits per heavy atom. The van der Waals surface area contributed by atoms with Crippen LogP contribution < -0.4 is 16.6 Å². The summed E-state index contributed by atoms with van der Waals surface area (Å²) in [6.07, 6.45) is 5.18. The molecule has 1 saturated carbocycles. The fraction of sp³-hybridized carbons (Fsp3) is 0.312. The monoisotopic (exact) mass is 382 g/mol. The number of nitrogens with zero attached hydrogens (tertiary/aromatic N) is 2. The molecule has 1 aromatic heterocycles. The summed E-state index contributed by atoms with van der Waals surface area (Å²) < 4.78 is 25.1. The van der Waals surface area contributed by atoms with Crippen molar-refractivity contribution in [1.82, 2.24) is 9.55 Å². The van der Waals surface area contributed by atoms with Crippen molar-refractivity contribution in [2.75, 3.05) is 5.73 Å². The van der Waals surface area contributed by atoms with Gasteiger partial charge < -0.3 is 10.8 Å². The maximum atomic E-state index is 13.1. The van der Waals surface area contributed by atoms with Crippen molar-refractivity contribution in [3.05, 3.63) is 52.3 Å². The first kappa shape index (κ1) is 19.7. The molecule has 0 bridgehead atoms. The normalized spacial score (nSPS) is 15.2. The topological polar surface area (TPSA) is 141 Å². The highest BCUT2D eigenvalue weighted by Gasteiger charge is 2.19. The number of aromatic nitrogens is 2. The third kappa shape index (κ3) is 4.96. The van der Waals surface area contributed by atoms with Gasteiger partial charge in [-0.05, 0) is 31.0 Å². The number of nitrogens with two attached hydrogens (primary N) is 2. The summed E-state index contributed by atoms with van der Waals surface area (Å²) >= 11 is 0. The predicted octanol–water partition coefficient (Wildman–Crippen LogP) is 1.45. The number of carboxylic acid groups (broad SMARTS) is 1. The fourth-order valence-electron chi connectivity index (χ4n) is 2.66. The van der Waals surface area contributed by atoms with E-state index >= 15 is 0 Å². The van der Waals surface area contributed by atoms with Gasteiger partial charge >= 0.3 is 11.7 Å². The maximum Gasteiger partial charge on any atom is 0.349 e. The molecule has 140 valence electrons. The van der Waals surface area contributed by atoms with E-state index in [0.717, 1.165) is 25.7 Å². The molecule has 1 aromatic carbocycles.